The van der Waals surface area contributed by atoms with Gasteiger partial charge in [0.1, 0.15) is 5.69 Å². The number of rotatable bonds is 6. The lowest BCUT2D eigenvalue weighted by molar-refractivity contribution is 0.348. The number of aromatic nitrogens is 2. The molecule has 114 valence electrons. The summed E-state index contributed by atoms with van der Waals surface area (Å²) in [4.78, 5) is 4.39. The lowest BCUT2D eigenvalue weighted by Gasteiger charge is -2.14. The van der Waals surface area contributed by atoms with Gasteiger partial charge in [0.15, 0.2) is 11.5 Å². The smallest absolute Gasteiger partial charge is 0.184 e. The second-order valence-electron chi connectivity index (χ2n) is 5.38. The Morgan fingerprint density at radius 1 is 1.24 bits per heavy atom. The van der Waals surface area contributed by atoms with E-state index in [0.29, 0.717) is 24.0 Å². The molecular weight excluding hydrogens is 266 g/mol. The molecule has 0 amide bonds. The molecule has 5 nitrogen and oxygen atoms in total. The van der Waals surface area contributed by atoms with Gasteiger partial charge < -0.3 is 19.8 Å². The van der Waals surface area contributed by atoms with Crippen molar-refractivity contribution in [2.75, 3.05) is 14.2 Å². The number of ether oxygens (including phenoxy) is 2. The van der Waals surface area contributed by atoms with E-state index in [4.69, 9.17) is 15.2 Å². The standard InChI is InChI=1S/C16H23N3O2/c1-11(2)15(17)12-6-8-19(9-12)10-13-16(21-4)14(20-3)5-7-18-13/h5-9,11,15H,10,17H2,1-4H3. The van der Waals surface area contributed by atoms with Crippen LogP contribution in [0.5, 0.6) is 11.5 Å². The topological polar surface area (TPSA) is 62.3 Å². The Kier molecular flexibility index (Phi) is 4.85. The lowest BCUT2D eigenvalue weighted by Crippen LogP contribution is -2.16. The predicted molar refractivity (Wildman–Crippen MR) is 82.6 cm³/mol. The summed E-state index contributed by atoms with van der Waals surface area (Å²) in [6.45, 7) is 4.86. The largest absolute Gasteiger partial charge is 0.493 e. The van der Waals surface area contributed by atoms with Crippen LogP contribution in [0.4, 0.5) is 0 Å². The van der Waals surface area contributed by atoms with E-state index in [1.807, 2.05) is 6.20 Å². The molecule has 2 rings (SSSR count). The highest BCUT2D eigenvalue weighted by atomic mass is 16.5. The summed E-state index contributed by atoms with van der Waals surface area (Å²) in [5.41, 5.74) is 8.13. The number of hydrogen-bond donors (Lipinski definition) is 1. The minimum atomic E-state index is 0.0476. The molecule has 0 aliphatic heterocycles. The first-order chi connectivity index (χ1) is 10.1. The van der Waals surface area contributed by atoms with Gasteiger partial charge in [0.25, 0.3) is 0 Å². The van der Waals surface area contributed by atoms with Crippen molar-refractivity contribution in [1.29, 1.82) is 0 Å². The van der Waals surface area contributed by atoms with Crippen molar-refractivity contribution in [2.45, 2.75) is 26.4 Å². The van der Waals surface area contributed by atoms with Crippen molar-refractivity contribution < 1.29 is 9.47 Å². The molecule has 1 atom stereocenters. The highest BCUT2D eigenvalue weighted by molar-refractivity contribution is 5.42. The number of hydrogen-bond acceptors (Lipinski definition) is 4. The van der Waals surface area contributed by atoms with Crippen LogP contribution < -0.4 is 15.2 Å². The Morgan fingerprint density at radius 3 is 2.62 bits per heavy atom. The molecule has 2 aromatic rings. The molecule has 1 unspecified atom stereocenters. The fourth-order valence-corrected chi connectivity index (χ4v) is 2.28. The molecular formula is C16H23N3O2. The van der Waals surface area contributed by atoms with Crippen LogP contribution in [0.2, 0.25) is 0 Å². The normalized spacial score (nSPS) is 12.5. The highest BCUT2D eigenvalue weighted by Crippen LogP contribution is 2.29. The Bertz CT molecular complexity index is 593. The number of nitrogens with zero attached hydrogens (tertiary/aromatic N) is 2. The van der Waals surface area contributed by atoms with Gasteiger partial charge in [-0.3, -0.25) is 4.98 Å². The van der Waals surface area contributed by atoms with E-state index in [9.17, 15) is 0 Å². The van der Waals surface area contributed by atoms with Crippen LogP contribution in [0.1, 0.15) is 31.1 Å². The minimum Gasteiger partial charge on any atom is -0.493 e. The number of pyridine rings is 1. The summed E-state index contributed by atoms with van der Waals surface area (Å²) in [6.07, 6.45) is 5.80. The Hall–Kier alpha value is -2.01. The van der Waals surface area contributed by atoms with Crippen molar-refractivity contribution in [1.82, 2.24) is 9.55 Å². The first kappa shape index (κ1) is 15.4. The fourth-order valence-electron chi connectivity index (χ4n) is 2.28. The predicted octanol–water partition coefficient (Wildman–Crippen LogP) is 2.60. The maximum Gasteiger partial charge on any atom is 0.184 e. The summed E-state index contributed by atoms with van der Waals surface area (Å²) >= 11 is 0. The average molecular weight is 289 g/mol. The van der Waals surface area contributed by atoms with Crippen LogP contribution in [0.15, 0.2) is 30.7 Å². The van der Waals surface area contributed by atoms with Gasteiger partial charge in [0, 0.05) is 30.7 Å². The Balaban J connectivity index is 2.23. The lowest BCUT2D eigenvalue weighted by atomic mass is 10.00. The molecule has 0 aromatic carbocycles. The molecule has 21 heavy (non-hydrogen) atoms. The van der Waals surface area contributed by atoms with E-state index < -0.39 is 0 Å². The molecule has 5 heteroatoms. The van der Waals surface area contributed by atoms with Gasteiger partial charge in [-0.1, -0.05) is 13.8 Å². The number of methoxy groups -OCH3 is 2. The fraction of sp³-hybridized carbons (Fsp3) is 0.438. The molecule has 0 aliphatic rings. The maximum atomic E-state index is 6.17. The van der Waals surface area contributed by atoms with Crippen LogP contribution in [-0.4, -0.2) is 23.8 Å². The summed E-state index contributed by atoms with van der Waals surface area (Å²) in [5, 5.41) is 0. The maximum absolute atomic E-state index is 6.17. The van der Waals surface area contributed by atoms with Crippen molar-refractivity contribution in [3.05, 3.63) is 42.0 Å². The zero-order valence-corrected chi connectivity index (χ0v) is 13.0. The molecule has 2 heterocycles. The van der Waals surface area contributed by atoms with E-state index in [-0.39, 0.29) is 6.04 Å². The zero-order valence-electron chi connectivity index (χ0n) is 13.0. The second kappa shape index (κ2) is 6.63. The van der Waals surface area contributed by atoms with Crippen LogP contribution in [0.3, 0.4) is 0 Å². The molecule has 0 radical (unpaired) electrons. The van der Waals surface area contributed by atoms with Gasteiger partial charge in [0.2, 0.25) is 0 Å². The molecule has 0 saturated heterocycles. The first-order valence-corrected chi connectivity index (χ1v) is 7.04. The third kappa shape index (κ3) is 3.36. The van der Waals surface area contributed by atoms with Crippen molar-refractivity contribution in [3.8, 4) is 11.5 Å². The van der Waals surface area contributed by atoms with E-state index in [0.717, 1.165) is 11.3 Å². The summed E-state index contributed by atoms with van der Waals surface area (Å²) < 4.78 is 12.8. The monoisotopic (exact) mass is 289 g/mol. The van der Waals surface area contributed by atoms with Gasteiger partial charge >= 0.3 is 0 Å². The van der Waals surface area contributed by atoms with Gasteiger partial charge in [-0.15, -0.1) is 0 Å². The highest BCUT2D eigenvalue weighted by Gasteiger charge is 2.14. The van der Waals surface area contributed by atoms with Crippen molar-refractivity contribution >= 4 is 0 Å². The quantitative estimate of drug-likeness (QED) is 0.888. The first-order valence-electron chi connectivity index (χ1n) is 7.04. The minimum absolute atomic E-state index is 0.0476. The molecule has 0 spiro atoms. The second-order valence-corrected chi connectivity index (χ2v) is 5.38. The molecule has 2 aromatic heterocycles. The molecule has 0 fully saturated rings. The summed E-state index contributed by atoms with van der Waals surface area (Å²) in [7, 11) is 3.25. The van der Waals surface area contributed by atoms with E-state index in [2.05, 4.69) is 35.7 Å². The average Bonchev–Trinajstić information content (AvgIpc) is 2.94. The third-order valence-electron chi connectivity index (χ3n) is 3.58. The van der Waals surface area contributed by atoms with Gasteiger partial charge in [-0.25, -0.2) is 0 Å². The van der Waals surface area contributed by atoms with Crippen LogP contribution >= 0.6 is 0 Å². The molecule has 0 aliphatic carbocycles. The van der Waals surface area contributed by atoms with Gasteiger partial charge in [-0.05, 0) is 17.5 Å². The van der Waals surface area contributed by atoms with E-state index in [1.54, 1.807) is 26.5 Å². The Morgan fingerprint density at radius 2 is 2.00 bits per heavy atom. The van der Waals surface area contributed by atoms with E-state index in [1.165, 1.54) is 0 Å². The van der Waals surface area contributed by atoms with Crippen LogP contribution in [0, 0.1) is 5.92 Å². The third-order valence-corrected chi connectivity index (χ3v) is 3.58. The number of nitrogens with two attached hydrogens (primary N) is 1. The van der Waals surface area contributed by atoms with Crippen LogP contribution in [-0.2, 0) is 6.54 Å². The molecule has 0 bridgehead atoms. The van der Waals surface area contributed by atoms with Gasteiger partial charge in [-0.2, -0.15) is 0 Å². The van der Waals surface area contributed by atoms with Crippen molar-refractivity contribution in [3.63, 3.8) is 0 Å². The molecule has 2 N–H and O–H groups in total. The van der Waals surface area contributed by atoms with Crippen molar-refractivity contribution in [2.24, 2.45) is 11.7 Å². The van der Waals surface area contributed by atoms with Crippen LogP contribution in [0.25, 0.3) is 0 Å². The molecule has 0 saturated carbocycles. The summed E-state index contributed by atoms with van der Waals surface area (Å²) in [5.74, 6) is 1.77. The Labute approximate surface area is 125 Å². The zero-order chi connectivity index (χ0) is 15.4. The summed E-state index contributed by atoms with van der Waals surface area (Å²) in [6, 6.07) is 3.89. The van der Waals surface area contributed by atoms with E-state index >= 15 is 0 Å². The SMILES string of the molecule is COc1ccnc(Cn2ccc(C(N)C(C)C)c2)c1OC. The van der Waals surface area contributed by atoms with Gasteiger partial charge in [0.05, 0.1) is 20.8 Å².